The summed E-state index contributed by atoms with van der Waals surface area (Å²) < 4.78 is -0.358. The highest BCUT2D eigenvalue weighted by Crippen LogP contribution is 2.36. The molecule has 0 aliphatic carbocycles. The van der Waals surface area contributed by atoms with Crippen molar-refractivity contribution in [3.8, 4) is 10.4 Å². The van der Waals surface area contributed by atoms with E-state index in [0.29, 0.717) is 0 Å². The third-order valence-electron chi connectivity index (χ3n) is 2.38. The van der Waals surface area contributed by atoms with Gasteiger partial charge in [-0.2, -0.15) is 11.3 Å². The topological polar surface area (TPSA) is 72.2 Å². The smallest absolute Gasteiger partial charge is 0.269 e. The van der Waals surface area contributed by atoms with Crippen LogP contribution in [-0.2, 0) is 4.79 Å². The molecule has 3 N–H and O–H groups in total. The maximum Gasteiger partial charge on any atom is 0.269 e. The van der Waals surface area contributed by atoms with Crippen molar-refractivity contribution >= 4 is 75.0 Å². The highest BCUT2D eigenvalue weighted by atomic mass is 35.5. The molecule has 110 valence electrons. The number of halogens is 3. The fourth-order valence-corrected chi connectivity index (χ4v) is 3.39. The number of carbonyl (C=O) groups is 2. The quantitative estimate of drug-likeness (QED) is 0.770. The fourth-order valence-electron chi connectivity index (χ4n) is 1.48. The number of primary amides is 1. The Balaban J connectivity index is 2.37. The van der Waals surface area contributed by atoms with Crippen LogP contribution in [0.1, 0.15) is 9.67 Å². The number of hydrogen-bond donors (Lipinski definition) is 2. The summed E-state index contributed by atoms with van der Waals surface area (Å²) in [6.45, 7) is 0. The summed E-state index contributed by atoms with van der Waals surface area (Å²) in [6, 6.07) is 3.55. The summed E-state index contributed by atoms with van der Waals surface area (Å²) in [5.74, 6) is -1.36. The molecule has 0 unspecified atom stereocenters. The second kappa shape index (κ2) is 6.81. The molecule has 2 rings (SSSR count). The van der Waals surface area contributed by atoms with Crippen molar-refractivity contribution < 1.29 is 9.59 Å². The zero-order chi connectivity index (χ0) is 15.6. The lowest BCUT2D eigenvalue weighted by atomic mass is 10.2. The summed E-state index contributed by atoms with van der Waals surface area (Å²) in [7, 11) is 0. The number of amides is 2. The summed E-state index contributed by atoms with van der Waals surface area (Å²) in [6.07, 6.45) is 0. The van der Waals surface area contributed by atoms with Crippen LogP contribution in [0.5, 0.6) is 0 Å². The molecule has 0 bridgehead atoms. The number of hydrogen-bond acceptors (Lipinski definition) is 4. The summed E-state index contributed by atoms with van der Waals surface area (Å²) in [4.78, 5) is 24.3. The number of anilines is 1. The minimum atomic E-state index is -0.714. The van der Waals surface area contributed by atoms with Crippen molar-refractivity contribution in [1.29, 1.82) is 0 Å². The number of carbonyl (C=O) groups excluding carboxylic acids is 2. The van der Waals surface area contributed by atoms with Crippen molar-refractivity contribution in [2.24, 2.45) is 5.73 Å². The molecular formula is C12H7Cl3N2O2S2. The molecule has 0 aliphatic heterocycles. The molecule has 2 aromatic rings. The molecule has 2 amide bonds. The maximum atomic E-state index is 11.8. The molecule has 0 saturated heterocycles. The van der Waals surface area contributed by atoms with Gasteiger partial charge in [-0.05, 0) is 22.9 Å². The third kappa shape index (κ3) is 3.78. The van der Waals surface area contributed by atoms with E-state index in [-0.39, 0.29) is 20.1 Å². The van der Waals surface area contributed by atoms with E-state index in [9.17, 15) is 9.59 Å². The van der Waals surface area contributed by atoms with Crippen LogP contribution < -0.4 is 11.1 Å². The fraction of sp³-hybridized carbons (Fsp3) is 0. The van der Waals surface area contributed by atoms with Gasteiger partial charge < -0.3 is 11.1 Å². The van der Waals surface area contributed by atoms with Gasteiger partial charge in [-0.3, -0.25) is 9.59 Å². The second-order valence-electron chi connectivity index (χ2n) is 3.76. The Bertz CT molecular complexity index is 719. The Morgan fingerprint density at radius 1 is 1.24 bits per heavy atom. The zero-order valence-corrected chi connectivity index (χ0v) is 14.1. The molecule has 0 saturated carbocycles. The van der Waals surface area contributed by atoms with Crippen molar-refractivity contribution in [3.63, 3.8) is 0 Å². The molecule has 0 fully saturated rings. The third-order valence-corrected chi connectivity index (χ3v) is 5.19. The SMILES string of the molecule is NC(=O)c1sc(-c2ccsc2)cc1NC(=O)C(Cl)=C(Cl)Cl. The minimum Gasteiger partial charge on any atom is -0.365 e. The molecule has 21 heavy (non-hydrogen) atoms. The van der Waals surface area contributed by atoms with E-state index < -0.39 is 11.8 Å². The Labute approximate surface area is 143 Å². The first-order chi connectivity index (χ1) is 9.90. The lowest BCUT2D eigenvalue weighted by molar-refractivity contribution is -0.112. The first-order valence-corrected chi connectivity index (χ1v) is 8.27. The normalized spacial score (nSPS) is 10.2. The molecule has 9 heteroatoms. The Hall–Kier alpha value is -1.05. The molecule has 0 radical (unpaired) electrons. The Morgan fingerprint density at radius 3 is 2.48 bits per heavy atom. The van der Waals surface area contributed by atoms with E-state index >= 15 is 0 Å². The van der Waals surface area contributed by atoms with Crippen LogP contribution in [-0.4, -0.2) is 11.8 Å². The van der Waals surface area contributed by atoms with Crippen LogP contribution in [0.2, 0.25) is 0 Å². The highest BCUT2D eigenvalue weighted by molar-refractivity contribution is 7.18. The summed E-state index contributed by atoms with van der Waals surface area (Å²) >= 11 is 19.2. The van der Waals surface area contributed by atoms with Crippen molar-refractivity contribution in [2.75, 3.05) is 5.32 Å². The summed E-state index contributed by atoms with van der Waals surface area (Å²) in [5.41, 5.74) is 6.52. The lowest BCUT2D eigenvalue weighted by Gasteiger charge is -2.03. The van der Waals surface area contributed by atoms with Gasteiger partial charge in [0.15, 0.2) is 0 Å². The molecule has 2 aromatic heterocycles. The van der Waals surface area contributed by atoms with Gasteiger partial charge in [-0.1, -0.05) is 34.8 Å². The minimum absolute atomic E-state index is 0.222. The van der Waals surface area contributed by atoms with Gasteiger partial charge in [0.2, 0.25) is 0 Å². The highest BCUT2D eigenvalue weighted by Gasteiger charge is 2.19. The van der Waals surface area contributed by atoms with E-state index in [4.69, 9.17) is 40.5 Å². The van der Waals surface area contributed by atoms with Crippen LogP contribution in [0.4, 0.5) is 5.69 Å². The van der Waals surface area contributed by atoms with Crippen LogP contribution in [0.15, 0.2) is 32.4 Å². The second-order valence-corrected chi connectivity index (χ2v) is 6.92. The largest absolute Gasteiger partial charge is 0.365 e. The van der Waals surface area contributed by atoms with E-state index in [1.165, 1.54) is 22.7 Å². The standard InChI is InChI=1S/C12H7Cl3N2O2S2/c13-8(10(14)15)12(19)17-6-3-7(5-1-2-20-4-5)21-9(6)11(16)18/h1-4H,(H2,16,18)(H,17,19). The molecule has 0 aliphatic rings. The van der Waals surface area contributed by atoms with E-state index in [1.807, 2.05) is 16.8 Å². The molecule has 0 aromatic carbocycles. The molecular weight excluding hydrogens is 375 g/mol. The number of nitrogens with one attached hydrogen (secondary N) is 1. The average Bonchev–Trinajstić information content (AvgIpc) is 3.05. The molecule has 0 spiro atoms. The van der Waals surface area contributed by atoms with Crippen molar-refractivity contribution in [3.05, 3.63) is 37.3 Å². The molecule has 0 atom stereocenters. The van der Waals surface area contributed by atoms with Gasteiger partial charge in [0.1, 0.15) is 14.4 Å². The van der Waals surface area contributed by atoms with E-state index in [0.717, 1.165) is 10.4 Å². The van der Waals surface area contributed by atoms with Gasteiger partial charge in [0, 0.05) is 10.4 Å². The average molecular weight is 382 g/mol. The lowest BCUT2D eigenvalue weighted by Crippen LogP contribution is -2.16. The number of thiophene rings is 2. The van der Waals surface area contributed by atoms with Crippen molar-refractivity contribution in [1.82, 2.24) is 0 Å². The van der Waals surface area contributed by atoms with Crippen molar-refractivity contribution in [2.45, 2.75) is 0 Å². The van der Waals surface area contributed by atoms with Gasteiger partial charge in [0.25, 0.3) is 11.8 Å². The predicted octanol–water partition coefficient (Wildman–Crippen LogP) is 4.40. The Morgan fingerprint density at radius 2 is 1.95 bits per heavy atom. The molecule has 2 heterocycles. The van der Waals surface area contributed by atoms with Gasteiger partial charge >= 0.3 is 0 Å². The first-order valence-electron chi connectivity index (χ1n) is 5.38. The first kappa shape index (κ1) is 16.3. The van der Waals surface area contributed by atoms with Crippen LogP contribution in [0.3, 0.4) is 0 Å². The predicted molar refractivity (Wildman–Crippen MR) is 89.4 cm³/mol. The van der Waals surface area contributed by atoms with Crippen LogP contribution >= 0.6 is 57.5 Å². The van der Waals surface area contributed by atoms with Gasteiger partial charge in [-0.15, -0.1) is 11.3 Å². The summed E-state index contributed by atoms with van der Waals surface area (Å²) in [5, 5.41) is 5.94. The van der Waals surface area contributed by atoms with Gasteiger partial charge in [-0.25, -0.2) is 0 Å². The molecule has 4 nitrogen and oxygen atoms in total. The van der Waals surface area contributed by atoms with E-state index in [2.05, 4.69) is 5.32 Å². The van der Waals surface area contributed by atoms with Crippen LogP contribution in [0.25, 0.3) is 10.4 Å². The van der Waals surface area contributed by atoms with Crippen LogP contribution in [0, 0.1) is 0 Å². The van der Waals surface area contributed by atoms with Gasteiger partial charge in [0.05, 0.1) is 5.69 Å². The monoisotopic (exact) mass is 380 g/mol. The number of rotatable bonds is 4. The maximum absolute atomic E-state index is 11.8. The number of nitrogens with two attached hydrogens (primary N) is 1. The zero-order valence-electron chi connectivity index (χ0n) is 10.2. The Kier molecular flexibility index (Phi) is 5.29. The van der Waals surface area contributed by atoms with E-state index in [1.54, 1.807) is 6.07 Å².